The highest BCUT2D eigenvalue weighted by atomic mass is 35.5. The predicted octanol–water partition coefficient (Wildman–Crippen LogP) is -0.142. The molecule has 0 bridgehead atoms. The number of hydrazine groups is 2. The highest BCUT2D eigenvalue weighted by molar-refractivity contribution is 8.00. The van der Waals surface area contributed by atoms with Crippen molar-refractivity contribution in [3.05, 3.63) is 46.6 Å². The number of oxime groups is 1. The minimum absolute atomic E-state index is 0. The van der Waals surface area contributed by atoms with Crippen molar-refractivity contribution in [3.63, 3.8) is 0 Å². The first-order valence-corrected chi connectivity index (χ1v) is 14.8. The molecular formula is C25H27ClN8O11S2. The number of anilines is 1. The molecule has 2 aliphatic heterocycles. The molecule has 19 nitrogen and oxygen atoms in total. The molecule has 0 saturated carbocycles. The number of hydrogen-bond donors (Lipinski definition) is 7. The summed E-state index contributed by atoms with van der Waals surface area (Å²) in [7, 11) is 0. The minimum atomic E-state index is -1.95. The second kappa shape index (κ2) is 14.4. The van der Waals surface area contributed by atoms with Crippen LogP contribution in [-0.2, 0) is 28.8 Å². The van der Waals surface area contributed by atoms with Gasteiger partial charge in [-0.2, -0.15) is 0 Å². The van der Waals surface area contributed by atoms with Gasteiger partial charge in [0.2, 0.25) is 11.5 Å². The number of carbonyl (C=O) groups excluding carboxylic acids is 5. The number of aromatic nitrogens is 1. The molecule has 47 heavy (non-hydrogen) atoms. The fourth-order valence-electron chi connectivity index (χ4n) is 3.89. The zero-order valence-corrected chi connectivity index (χ0v) is 26.7. The minimum Gasteiger partial charge on any atom is -0.504 e. The molecule has 1 unspecified atom stereocenters. The first kappa shape index (κ1) is 36.2. The summed E-state index contributed by atoms with van der Waals surface area (Å²) in [5.41, 5.74) is 12.1. The smallest absolute Gasteiger partial charge is 0.427 e. The Morgan fingerprint density at radius 1 is 1.19 bits per heavy atom. The molecule has 252 valence electrons. The van der Waals surface area contributed by atoms with Gasteiger partial charge in [-0.25, -0.2) is 25.4 Å². The topological polar surface area (TPSA) is 289 Å². The third kappa shape index (κ3) is 7.93. The van der Waals surface area contributed by atoms with Gasteiger partial charge in [0.05, 0.1) is 5.37 Å². The van der Waals surface area contributed by atoms with E-state index in [0.717, 1.165) is 34.4 Å². The van der Waals surface area contributed by atoms with E-state index in [1.54, 1.807) is 0 Å². The Morgan fingerprint density at radius 3 is 2.49 bits per heavy atom. The molecule has 5 amide bonds. The molecule has 2 aromatic rings. The van der Waals surface area contributed by atoms with Crippen LogP contribution in [0.5, 0.6) is 11.5 Å². The Kier molecular flexibility index (Phi) is 11.1. The lowest BCUT2D eigenvalue weighted by atomic mass is 9.97. The highest BCUT2D eigenvalue weighted by Crippen LogP contribution is 2.41. The standard InChI is InChI=1S/C25H26N8O11S2.ClH/c1-25(2,44-31-16(17(26)36)12-9-46-23(27)28-12)22(41)29-33(18(37)10-3-4-14(34)15(35)7-10)30-24(42)43-8-11-19(38)32-13(21(39)40)5-6-45-20(11)32;/h3-5,7,9,11,20,34-35H,6,8H2,1-2H3,(H2,26,36)(H2,27,28)(H,29,41)(H,30,42)(H,39,40);1H/t11?,20-;/m0./s1. The summed E-state index contributed by atoms with van der Waals surface area (Å²) in [5, 5.41) is 33.6. The van der Waals surface area contributed by atoms with Crippen molar-refractivity contribution >= 4 is 82.0 Å². The fourth-order valence-corrected chi connectivity index (χ4v) is 5.69. The summed E-state index contributed by atoms with van der Waals surface area (Å²) < 4.78 is 5.11. The highest BCUT2D eigenvalue weighted by Gasteiger charge is 2.52. The number of fused-ring (bicyclic) bond motifs is 1. The fraction of sp³-hybridized carbons (Fsp3) is 0.280. The average Bonchev–Trinajstić information content (AvgIpc) is 3.42. The van der Waals surface area contributed by atoms with Crippen molar-refractivity contribution in [1.29, 1.82) is 0 Å². The largest absolute Gasteiger partial charge is 0.504 e. The second-order valence-corrected chi connectivity index (χ2v) is 11.9. The van der Waals surface area contributed by atoms with E-state index in [4.69, 9.17) is 21.0 Å². The molecule has 4 rings (SSSR count). The van der Waals surface area contributed by atoms with Crippen LogP contribution in [0.15, 0.2) is 40.5 Å². The van der Waals surface area contributed by atoms with Crippen molar-refractivity contribution in [2.45, 2.75) is 24.8 Å². The SMILES string of the molecule is CC(C)(ON=C(C(N)=O)c1csc(N)n1)C(=O)NN(NC(=O)OCC1C(=O)N2C(C(=O)O)=CCS[C@@H]12)C(=O)c1ccc(O)c(O)c1.Cl. The van der Waals surface area contributed by atoms with Crippen molar-refractivity contribution in [3.8, 4) is 11.5 Å². The molecule has 0 spiro atoms. The van der Waals surface area contributed by atoms with Crippen LogP contribution in [0, 0.1) is 5.92 Å². The van der Waals surface area contributed by atoms with Gasteiger partial charge in [0.25, 0.3) is 17.7 Å². The maximum Gasteiger partial charge on any atom is 0.427 e. The number of carboxylic acids is 1. The molecule has 1 saturated heterocycles. The third-order valence-electron chi connectivity index (χ3n) is 6.32. The van der Waals surface area contributed by atoms with Crippen LogP contribution in [0.25, 0.3) is 0 Å². The van der Waals surface area contributed by atoms with E-state index in [9.17, 15) is 44.1 Å². The molecule has 3 heterocycles. The number of aromatic hydroxyl groups is 2. The number of amides is 5. The molecule has 1 aromatic carbocycles. The average molecular weight is 715 g/mol. The summed E-state index contributed by atoms with van der Waals surface area (Å²) in [6, 6.07) is 2.91. The summed E-state index contributed by atoms with van der Waals surface area (Å²) >= 11 is 2.25. The number of carbonyl (C=O) groups is 6. The molecule has 2 atom stereocenters. The number of thioether (sulfide) groups is 1. The number of aliphatic carboxylic acids is 1. The number of hydrogen-bond acceptors (Lipinski definition) is 15. The summed E-state index contributed by atoms with van der Waals surface area (Å²) in [4.78, 5) is 85.3. The molecule has 1 aromatic heterocycles. The van der Waals surface area contributed by atoms with Crippen molar-refractivity contribution in [2.24, 2.45) is 16.8 Å². The van der Waals surface area contributed by atoms with Gasteiger partial charge in [0.15, 0.2) is 22.3 Å². The number of primary amides is 1. The number of nitrogens with one attached hydrogen (secondary N) is 2. The maximum absolute atomic E-state index is 13.3. The molecule has 0 aliphatic carbocycles. The number of ether oxygens (including phenoxy) is 1. The Hall–Kier alpha value is -5.28. The monoisotopic (exact) mass is 714 g/mol. The number of phenols is 2. The molecule has 2 aliphatic rings. The van der Waals surface area contributed by atoms with E-state index in [-0.39, 0.29) is 39.6 Å². The Balaban J connectivity index is 0.00000600. The van der Waals surface area contributed by atoms with E-state index >= 15 is 0 Å². The van der Waals surface area contributed by atoms with E-state index in [2.05, 4.69) is 15.6 Å². The Labute approximate surface area is 278 Å². The predicted molar refractivity (Wildman–Crippen MR) is 166 cm³/mol. The van der Waals surface area contributed by atoms with E-state index in [1.807, 2.05) is 5.43 Å². The van der Waals surface area contributed by atoms with Gasteiger partial charge in [0.1, 0.15) is 23.9 Å². The van der Waals surface area contributed by atoms with Crippen LogP contribution < -0.4 is 22.3 Å². The van der Waals surface area contributed by atoms with Crippen LogP contribution >= 0.6 is 35.5 Å². The number of rotatable bonds is 9. The van der Waals surface area contributed by atoms with Gasteiger partial charge in [-0.3, -0.25) is 24.1 Å². The van der Waals surface area contributed by atoms with E-state index in [1.165, 1.54) is 37.1 Å². The number of nitrogens with two attached hydrogens (primary N) is 2. The lowest BCUT2D eigenvalue weighted by Gasteiger charge is -2.47. The first-order valence-electron chi connectivity index (χ1n) is 12.9. The molecule has 9 N–H and O–H groups in total. The normalized spacial score (nSPS) is 17.1. The van der Waals surface area contributed by atoms with Crippen LogP contribution in [-0.4, -0.2) is 95.1 Å². The maximum atomic E-state index is 13.3. The summed E-state index contributed by atoms with van der Waals surface area (Å²) in [5.74, 6) is -6.98. The van der Waals surface area contributed by atoms with Crippen molar-refractivity contribution in [1.82, 2.24) is 25.9 Å². The van der Waals surface area contributed by atoms with Gasteiger partial charge < -0.3 is 36.4 Å². The third-order valence-corrected chi connectivity index (χ3v) is 8.24. The number of phenolic OH excluding ortho intramolecular Hbond substituents is 2. The summed E-state index contributed by atoms with van der Waals surface area (Å²) in [6.07, 6.45) is 0.0742. The number of β-lactam (4-membered cyclic amide) rings is 1. The van der Waals surface area contributed by atoms with E-state index < -0.39 is 76.4 Å². The second-order valence-electron chi connectivity index (χ2n) is 9.91. The van der Waals surface area contributed by atoms with Crippen LogP contribution in [0.3, 0.4) is 0 Å². The molecule has 1 fully saturated rings. The lowest BCUT2D eigenvalue weighted by Crippen LogP contribution is -2.63. The number of carboxylic acid groups (broad SMARTS) is 1. The number of thiazole rings is 1. The van der Waals surface area contributed by atoms with Crippen molar-refractivity contribution in [2.75, 3.05) is 18.1 Å². The lowest BCUT2D eigenvalue weighted by molar-refractivity contribution is -0.154. The number of nitrogen functional groups attached to an aromatic ring is 1. The molecule has 22 heteroatoms. The quantitative estimate of drug-likeness (QED) is 0.0770. The van der Waals surface area contributed by atoms with Gasteiger partial charge >= 0.3 is 12.1 Å². The van der Waals surface area contributed by atoms with Crippen LogP contribution in [0.1, 0.15) is 29.9 Å². The van der Waals surface area contributed by atoms with Crippen LogP contribution in [0.2, 0.25) is 0 Å². The zero-order chi connectivity index (χ0) is 33.9. The first-order chi connectivity index (χ1) is 21.6. The van der Waals surface area contributed by atoms with E-state index in [0.29, 0.717) is 5.75 Å². The summed E-state index contributed by atoms with van der Waals surface area (Å²) in [6.45, 7) is 1.90. The molecule has 0 radical (unpaired) electrons. The molecular weight excluding hydrogens is 688 g/mol. The Bertz CT molecular complexity index is 1680. The Morgan fingerprint density at radius 2 is 1.89 bits per heavy atom. The van der Waals surface area contributed by atoms with Gasteiger partial charge in [-0.15, -0.1) is 40.6 Å². The number of halogens is 1. The van der Waals surface area contributed by atoms with Crippen LogP contribution in [0.4, 0.5) is 9.93 Å². The van der Waals surface area contributed by atoms with Crippen molar-refractivity contribution < 1.29 is 53.7 Å². The number of nitrogens with zero attached hydrogens (tertiary/aromatic N) is 4. The zero-order valence-electron chi connectivity index (χ0n) is 24.2. The number of benzene rings is 1. The van der Waals surface area contributed by atoms with Gasteiger partial charge in [-0.05, 0) is 38.1 Å². The van der Waals surface area contributed by atoms with Gasteiger partial charge in [0, 0.05) is 16.7 Å². The van der Waals surface area contributed by atoms with Gasteiger partial charge in [-0.1, -0.05) is 5.16 Å².